The van der Waals surface area contributed by atoms with Crippen LogP contribution in [0.5, 0.6) is 0 Å². The minimum Gasteiger partial charge on any atom is -0.311 e. The number of hydrogen-bond donors (Lipinski definition) is 0. The summed E-state index contributed by atoms with van der Waals surface area (Å²) >= 11 is 0. The zero-order valence-electron chi connectivity index (χ0n) is 6.72. The highest BCUT2D eigenvalue weighted by Crippen LogP contribution is 2.11. The van der Waals surface area contributed by atoms with E-state index < -0.39 is 0 Å². The predicted octanol–water partition coefficient (Wildman–Crippen LogP) is 1.28. The van der Waals surface area contributed by atoms with Crippen LogP contribution in [-0.4, -0.2) is 12.3 Å². The van der Waals surface area contributed by atoms with Gasteiger partial charge in [0.2, 0.25) is 0 Å². The molecule has 0 saturated carbocycles. The molecule has 12 heavy (non-hydrogen) atoms. The van der Waals surface area contributed by atoms with Crippen LogP contribution >= 0.6 is 0 Å². The third-order valence-electron chi connectivity index (χ3n) is 1.72. The SMILES string of the molecule is B1C=CN(c2ccccn2)C=C1. The molecule has 58 valence electrons. The van der Waals surface area contributed by atoms with E-state index in [4.69, 9.17) is 0 Å². The molecule has 3 heteroatoms. The highest BCUT2D eigenvalue weighted by Gasteiger charge is 2.00. The molecule has 1 aromatic rings. The van der Waals surface area contributed by atoms with Gasteiger partial charge in [0, 0.05) is 6.20 Å². The molecule has 2 rings (SSSR count). The molecule has 2 nitrogen and oxygen atoms in total. The van der Waals surface area contributed by atoms with Crippen LogP contribution in [0, 0.1) is 0 Å². The van der Waals surface area contributed by atoms with E-state index in [1.807, 2.05) is 35.5 Å². The second-order valence-corrected chi connectivity index (χ2v) is 2.60. The number of aromatic nitrogens is 1. The van der Waals surface area contributed by atoms with Crippen molar-refractivity contribution in [3.05, 3.63) is 48.7 Å². The van der Waals surface area contributed by atoms with Crippen LogP contribution in [0.2, 0.25) is 0 Å². The van der Waals surface area contributed by atoms with Gasteiger partial charge in [0.15, 0.2) is 7.28 Å². The first-order chi connectivity index (χ1) is 5.97. The number of nitrogens with zero attached hydrogens (tertiary/aromatic N) is 2. The van der Waals surface area contributed by atoms with Crippen molar-refractivity contribution in [3.8, 4) is 0 Å². The molecule has 0 aliphatic carbocycles. The maximum Gasteiger partial charge on any atom is 0.177 e. The van der Waals surface area contributed by atoms with Crippen molar-refractivity contribution in [1.82, 2.24) is 4.98 Å². The van der Waals surface area contributed by atoms with E-state index in [2.05, 4.69) is 16.9 Å². The lowest BCUT2D eigenvalue weighted by atomic mass is 9.78. The summed E-state index contributed by atoms with van der Waals surface area (Å²) in [6, 6.07) is 5.89. The Bertz CT molecular complexity index is 294. The summed E-state index contributed by atoms with van der Waals surface area (Å²) in [5.74, 6) is 5.17. The fourth-order valence-electron chi connectivity index (χ4n) is 1.14. The summed E-state index contributed by atoms with van der Waals surface area (Å²) in [5.41, 5.74) is 0. The van der Waals surface area contributed by atoms with Gasteiger partial charge in [-0.3, -0.25) is 0 Å². The fraction of sp³-hybridized carbons (Fsp3) is 0. The lowest BCUT2D eigenvalue weighted by Crippen LogP contribution is -2.11. The Hall–Kier alpha value is -1.51. The first-order valence-corrected chi connectivity index (χ1v) is 3.99. The van der Waals surface area contributed by atoms with Crippen LogP contribution in [0.25, 0.3) is 0 Å². The van der Waals surface area contributed by atoms with E-state index in [1.165, 1.54) is 0 Å². The van der Waals surface area contributed by atoms with Gasteiger partial charge in [-0.15, -0.1) is 0 Å². The first kappa shape index (κ1) is 7.16. The van der Waals surface area contributed by atoms with Crippen LogP contribution in [0.3, 0.4) is 0 Å². The molecule has 0 aromatic carbocycles. The molecule has 0 unspecified atom stereocenters. The van der Waals surface area contributed by atoms with Gasteiger partial charge in [-0.1, -0.05) is 18.0 Å². The highest BCUT2D eigenvalue weighted by atomic mass is 15.1. The van der Waals surface area contributed by atoms with Crippen LogP contribution < -0.4 is 4.90 Å². The van der Waals surface area contributed by atoms with Crippen molar-refractivity contribution in [1.29, 1.82) is 0 Å². The molecule has 0 amide bonds. The topological polar surface area (TPSA) is 16.1 Å². The molecule has 0 N–H and O–H groups in total. The van der Waals surface area contributed by atoms with Crippen molar-refractivity contribution < 1.29 is 0 Å². The molecule has 0 bridgehead atoms. The van der Waals surface area contributed by atoms with Crippen LogP contribution in [-0.2, 0) is 0 Å². The molecular formula is C9H9BN2. The summed E-state index contributed by atoms with van der Waals surface area (Å²) < 4.78 is 0. The predicted molar refractivity (Wildman–Crippen MR) is 52.1 cm³/mol. The first-order valence-electron chi connectivity index (χ1n) is 3.99. The standard InChI is InChI=1S/C9H9BN2/c1-2-6-11-9(3-1)12-7-4-10-5-8-12/h1-8,10H. The van der Waals surface area contributed by atoms with E-state index >= 15 is 0 Å². The summed E-state index contributed by atoms with van der Waals surface area (Å²) in [6.07, 6.45) is 5.86. The van der Waals surface area contributed by atoms with Crippen molar-refractivity contribution in [2.75, 3.05) is 4.90 Å². The van der Waals surface area contributed by atoms with Gasteiger partial charge in [0.25, 0.3) is 0 Å². The van der Waals surface area contributed by atoms with Crippen molar-refractivity contribution >= 4 is 13.1 Å². The number of anilines is 1. The lowest BCUT2D eigenvalue weighted by Gasteiger charge is -2.15. The average molecular weight is 156 g/mol. The van der Waals surface area contributed by atoms with Crippen molar-refractivity contribution in [2.24, 2.45) is 0 Å². The fourth-order valence-corrected chi connectivity index (χ4v) is 1.14. The molecule has 0 saturated heterocycles. The smallest absolute Gasteiger partial charge is 0.177 e. The molecule has 0 fully saturated rings. The average Bonchev–Trinajstić information content (AvgIpc) is 2.21. The van der Waals surface area contributed by atoms with Crippen LogP contribution in [0.1, 0.15) is 0 Å². The quantitative estimate of drug-likeness (QED) is 0.569. The summed E-state index contributed by atoms with van der Waals surface area (Å²) in [4.78, 5) is 6.23. The molecule has 0 spiro atoms. The van der Waals surface area contributed by atoms with Gasteiger partial charge in [-0.05, 0) is 24.5 Å². The Morgan fingerprint density at radius 3 is 2.67 bits per heavy atom. The van der Waals surface area contributed by atoms with Gasteiger partial charge in [0.05, 0.1) is 0 Å². The molecular weight excluding hydrogens is 147 g/mol. The third-order valence-corrected chi connectivity index (χ3v) is 1.72. The molecule has 0 radical (unpaired) electrons. The second-order valence-electron chi connectivity index (χ2n) is 2.60. The van der Waals surface area contributed by atoms with E-state index in [0.717, 1.165) is 13.1 Å². The van der Waals surface area contributed by atoms with Gasteiger partial charge >= 0.3 is 0 Å². The monoisotopic (exact) mass is 156 g/mol. The molecule has 0 atom stereocenters. The normalized spacial score (nSPS) is 14.5. The maximum absolute atomic E-state index is 4.23. The van der Waals surface area contributed by atoms with Crippen molar-refractivity contribution in [2.45, 2.75) is 0 Å². The minimum atomic E-state index is 0.963. The summed E-state index contributed by atoms with van der Waals surface area (Å²) in [6.45, 7) is 0. The van der Waals surface area contributed by atoms with E-state index in [-0.39, 0.29) is 0 Å². The van der Waals surface area contributed by atoms with Gasteiger partial charge in [-0.2, -0.15) is 0 Å². The third kappa shape index (κ3) is 1.40. The Morgan fingerprint density at radius 2 is 2.00 bits per heavy atom. The lowest BCUT2D eigenvalue weighted by molar-refractivity contribution is 1.17. The Labute approximate surface area is 72.5 Å². The van der Waals surface area contributed by atoms with Crippen molar-refractivity contribution in [3.63, 3.8) is 0 Å². The van der Waals surface area contributed by atoms with E-state index in [1.54, 1.807) is 6.20 Å². The Kier molecular flexibility index (Phi) is 1.95. The van der Waals surface area contributed by atoms with E-state index in [0.29, 0.717) is 0 Å². The second kappa shape index (κ2) is 3.26. The zero-order valence-corrected chi connectivity index (χ0v) is 6.72. The Balaban J connectivity index is 2.25. The summed E-state index contributed by atoms with van der Waals surface area (Å²) in [7, 11) is 1.02. The van der Waals surface area contributed by atoms with Crippen LogP contribution in [0.15, 0.2) is 48.7 Å². The molecule has 1 aliphatic rings. The van der Waals surface area contributed by atoms with Crippen LogP contribution in [0.4, 0.5) is 5.82 Å². The minimum absolute atomic E-state index is 0.963. The van der Waals surface area contributed by atoms with Gasteiger partial charge in [0.1, 0.15) is 5.82 Å². The summed E-state index contributed by atoms with van der Waals surface area (Å²) in [5, 5.41) is 0. The molecule has 1 aromatic heterocycles. The Morgan fingerprint density at radius 1 is 1.17 bits per heavy atom. The van der Waals surface area contributed by atoms with Gasteiger partial charge < -0.3 is 4.90 Å². The largest absolute Gasteiger partial charge is 0.311 e. The molecule has 1 aliphatic heterocycles. The number of rotatable bonds is 1. The van der Waals surface area contributed by atoms with Gasteiger partial charge in [-0.25, -0.2) is 4.98 Å². The van der Waals surface area contributed by atoms with E-state index in [9.17, 15) is 0 Å². The molecule has 2 heterocycles. The number of pyridine rings is 1. The maximum atomic E-state index is 4.23. The number of hydrogen-bond acceptors (Lipinski definition) is 2. The zero-order chi connectivity index (χ0) is 8.23. The highest BCUT2D eigenvalue weighted by molar-refractivity contribution is 6.48.